The van der Waals surface area contributed by atoms with Crippen LogP contribution in [0.25, 0.3) is 0 Å². The predicted molar refractivity (Wildman–Crippen MR) is 72.2 cm³/mol. The highest BCUT2D eigenvalue weighted by molar-refractivity contribution is 7.91. The normalized spacial score (nSPS) is 13.2. The van der Waals surface area contributed by atoms with Crippen LogP contribution in [-0.4, -0.2) is 37.6 Å². The maximum absolute atomic E-state index is 11.9. The highest BCUT2D eigenvalue weighted by Crippen LogP contribution is 2.19. The van der Waals surface area contributed by atoms with Gasteiger partial charge in [0, 0.05) is 13.5 Å². The zero-order valence-electron chi connectivity index (χ0n) is 10.7. The Hall–Kier alpha value is -1.10. The minimum atomic E-state index is -3.69. The van der Waals surface area contributed by atoms with Crippen molar-refractivity contribution in [3.8, 4) is 0 Å². The first-order valence-electron chi connectivity index (χ1n) is 5.66. The first-order valence-corrected chi connectivity index (χ1v) is 7.96. The van der Waals surface area contributed by atoms with Crippen LogP contribution >= 0.6 is 11.3 Å². The Bertz CT molecular complexity index is 528. The smallest absolute Gasteiger partial charge is 0.269 e. The SMILES string of the molecule is CC(=O)Nc1nnc(S(=O)(=O)NCC(C)CCN)s1. The molecule has 8 nitrogen and oxygen atoms in total. The molecule has 0 spiro atoms. The van der Waals surface area contributed by atoms with Crippen LogP contribution in [0.15, 0.2) is 4.34 Å². The molecule has 0 aliphatic heterocycles. The van der Waals surface area contributed by atoms with Gasteiger partial charge in [-0.15, -0.1) is 10.2 Å². The zero-order chi connectivity index (χ0) is 14.5. The molecule has 0 aliphatic carbocycles. The standard InChI is InChI=1S/C9H17N5O3S2/c1-6(3-4-10)5-11-19(16,17)9-14-13-8(18-9)12-7(2)15/h6,11H,3-5,10H2,1-2H3,(H,12,13,15). The van der Waals surface area contributed by atoms with Crippen molar-refractivity contribution in [2.75, 3.05) is 18.4 Å². The molecule has 0 aromatic carbocycles. The first kappa shape index (κ1) is 16.0. The lowest BCUT2D eigenvalue weighted by Crippen LogP contribution is -2.29. The molecular formula is C9H17N5O3S2. The van der Waals surface area contributed by atoms with Crippen molar-refractivity contribution in [1.29, 1.82) is 0 Å². The van der Waals surface area contributed by atoms with Crippen molar-refractivity contribution < 1.29 is 13.2 Å². The summed E-state index contributed by atoms with van der Waals surface area (Å²) in [6, 6.07) is 0. The lowest BCUT2D eigenvalue weighted by molar-refractivity contribution is -0.114. The van der Waals surface area contributed by atoms with Crippen molar-refractivity contribution in [1.82, 2.24) is 14.9 Å². The quantitative estimate of drug-likeness (QED) is 0.597. The summed E-state index contributed by atoms with van der Waals surface area (Å²) in [7, 11) is -3.69. The van der Waals surface area contributed by atoms with Gasteiger partial charge in [0.1, 0.15) is 0 Å². The number of hydrogen-bond donors (Lipinski definition) is 3. The molecule has 1 amide bonds. The molecule has 0 bridgehead atoms. The molecule has 19 heavy (non-hydrogen) atoms. The van der Waals surface area contributed by atoms with E-state index in [1.807, 2.05) is 6.92 Å². The molecule has 0 fully saturated rings. The van der Waals surface area contributed by atoms with Crippen molar-refractivity contribution in [2.45, 2.75) is 24.6 Å². The largest absolute Gasteiger partial charge is 0.330 e. The van der Waals surface area contributed by atoms with Gasteiger partial charge in [0.25, 0.3) is 10.0 Å². The minimum absolute atomic E-state index is 0.141. The van der Waals surface area contributed by atoms with E-state index in [4.69, 9.17) is 5.73 Å². The van der Waals surface area contributed by atoms with Gasteiger partial charge in [-0.25, -0.2) is 13.1 Å². The molecular weight excluding hydrogens is 290 g/mol. The minimum Gasteiger partial charge on any atom is -0.330 e. The summed E-state index contributed by atoms with van der Waals surface area (Å²) in [5.41, 5.74) is 5.39. The third kappa shape index (κ3) is 5.19. The molecule has 1 aromatic heterocycles. The number of nitrogens with one attached hydrogen (secondary N) is 2. The number of nitrogens with two attached hydrogens (primary N) is 1. The Balaban J connectivity index is 2.66. The van der Waals surface area contributed by atoms with Gasteiger partial charge in [0.2, 0.25) is 15.4 Å². The van der Waals surface area contributed by atoms with E-state index in [-0.39, 0.29) is 27.8 Å². The van der Waals surface area contributed by atoms with Gasteiger partial charge in [-0.1, -0.05) is 18.3 Å². The second-order valence-electron chi connectivity index (χ2n) is 4.09. The number of carbonyl (C=O) groups is 1. The summed E-state index contributed by atoms with van der Waals surface area (Å²) in [4.78, 5) is 10.8. The number of aromatic nitrogens is 2. The highest BCUT2D eigenvalue weighted by Gasteiger charge is 2.20. The summed E-state index contributed by atoms with van der Waals surface area (Å²) < 4.78 is 26.1. The molecule has 1 heterocycles. The van der Waals surface area contributed by atoms with E-state index in [1.54, 1.807) is 0 Å². The van der Waals surface area contributed by atoms with Crippen LogP contribution in [0.2, 0.25) is 0 Å². The maximum atomic E-state index is 11.9. The third-order valence-corrected chi connectivity index (χ3v) is 4.83. The van der Waals surface area contributed by atoms with E-state index in [9.17, 15) is 13.2 Å². The number of sulfonamides is 1. The molecule has 10 heteroatoms. The summed E-state index contributed by atoms with van der Waals surface area (Å²) >= 11 is 0.804. The second-order valence-corrected chi connectivity index (χ2v) is 7.01. The average molecular weight is 307 g/mol. The average Bonchev–Trinajstić information content (AvgIpc) is 2.75. The van der Waals surface area contributed by atoms with Crippen LogP contribution in [0.4, 0.5) is 5.13 Å². The van der Waals surface area contributed by atoms with E-state index >= 15 is 0 Å². The molecule has 1 rings (SSSR count). The molecule has 0 saturated carbocycles. The van der Waals surface area contributed by atoms with Gasteiger partial charge >= 0.3 is 0 Å². The topological polar surface area (TPSA) is 127 Å². The molecule has 4 N–H and O–H groups in total. The highest BCUT2D eigenvalue weighted by atomic mass is 32.2. The van der Waals surface area contributed by atoms with Gasteiger partial charge in [-0.3, -0.25) is 4.79 Å². The molecule has 1 unspecified atom stereocenters. The van der Waals surface area contributed by atoms with Gasteiger partial charge in [-0.2, -0.15) is 0 Å². The van der Waals surface area contributed by atoms with Crippen LogP contribution in [0.5, 0.6) is 0 Å². The van der Waals surface area contributed by atoms with E-state index in [2.05, 4.69) is 20.2 Å². The lowest BCUT2D eigenvalue weighted by Gasteiger charge is -2.09. The van der Waals surface area contributed by atoms with Crippen LogP contribution in [0, 0.1) is 5.92 Å². The fourth-order valence-corrected chi connectivity index (χ4v) is 3.37. The summed E-state index contributed by atoms with van der Waals surface area (Å²) in [5.74, 6) is -0.188. The number of rotatable bonds is 7. The molecule has 108 valence electrons. The number of anilines is 1. The van der Waals surface area contributed by atoms with Crippen molar-refractivity contribution in [2.24, 2.45) is 11.7 Å². The predicted octanol–water partition coefficient (Wildman–Crippen LogP) is -0.240. The van der Waals surface area contributed by atoms with Crippen molar-refractivity contribution in [3.63, 3.8) is 0 Å². The summed E-state index contributed by atoms with van der Waals surface area (Å²) in [6.45, 7) is 4.00. The van der Waals surface area contributed by atoms with E-state index < -0.39 is 10.0 Å². The van der Waals surface area contributed by atoms with E-state index in [1.165, 1.54) is 6.92 Å². The van der Waals surface area contributed by atoms with Crippen molar-refractivity contribution in [3.05, 3.63) is 0 Å². The summed E-state index contributed by atoms with van der Waals surface area (Å²) in [5, 5.41) is 9.66. The van der Waals surface area contributed by atoms with Crippen LogP contribution < -0.4 is 15.8 Å². The Morgan fingerprint density at radius 1 is 1.47 bits per heavy atom. The Morgan fingerprint density at radius 3 is 2.74 bits per heavy atom. The van der Waals surface area contributed by atoms with Gasteiger partial charge in [0.05, 0.1) is 0 Å². The van der Waals surface area contributed by atoms with Gasteiger partial charge < -0.3 is 11.1 Å². The monoisotopic (exact) mass is 307 g/mol. The van der Waals surface area contributed by atoms with Crippen LogP contribution in [-0.2, 0) is 14.8 Å². The molecule has 1 aromatic rings. The van der Waals surface area contributed by atoms with E-state index in [0.717, 1.165) is 17.8 Å². The number of hydrogen-bond acceptors (Lipinski definition) is 7. The molecule has 1 atom stereocenters. The first-order chi connectivity index (χ1) is 8.85. The fourth-order valence-electron chi connectivity index (χ4n) is 1.22. The third-order valence-electron chi connectivity index (χ3n) is 2.20. The van der Waals surface area contributed by atoms with Crippen molar-refractivity contribution >= 4 is 32.4 Å². The lowest BCUT2D eigenvalue weighted by atomic mass is 10.1. The van der Waals surface area contributed by atoms with Gasteiger partial charge in [0.15, 0.2) is 0 Å². The molecule has 0 saturated heterocycles. The van der Waals surface area contributed by atoms with Gasteiger partial charge in [-0.05, 0) is 18.9 Å². The number of nitrogens with zero attached hydrogens (tertiary/aromatic N) is 2. The summed E-state index contributed by atoms with van der Waals surface area (Å²) in [6.07, 6.45) is 0.732. The second kappa shape index (κ2) is 6.89. The van der Waals surface area contributed by atoms with E-state index in [0.29, 0.717) is 6.54 Å². The maximum Gasteiger partial charge on any atom is 0.269 e. The van der Waals surface area contributed by atoms with Crippen LogP contribution in [0.1, 0.15) is 20.3 Å². The Labute approximate surface area is 115 Å². The zero-order valence-corrected chi connectivity index (χ0v) is 12.3. The molecule has 0 aliphatic rings. The Kier molecular flexibility index (Phi) is 5.79. The van der Waals surface area contributed by atoms with Crippen LogP contribution in [0.3, 0.4) is 0 Å². The fraction of sp³-hybridized carbons (Fsp3) is 0.667. The number of amides is 1. The molecule has 0 radical (unpaired) electrons. The Morgan fingerprint density at radius 2 is 2.16 bits per heavy atom. The number of carbonyl (C=O) groups excluding carboxylic acids is 1.